The maximum absolute atomic E-state index is 12.7. The first kappa shape index (κ1) is 13.6. The van der Waals surface area contributed by atoms with Crippen LogP contribution in [0.1, 0.15) is 18.4 Å². The van der Waals surface area contributed by atoms with Crippen LogP contribution in [-0.4, -0.2) is 12.7 Å². The summed E-state index contributed by atoms with van der Waals surface area (Å²) < 4.78 is 11.7. The van der Waals surface area contributed by atoms with Gasteiger partial charge in [-0.25, -0.2) is 0 Å². The van der Waals surface area contributed by atoms with Gasteiger partial charge in [-0.15, -0.1) is 0 Å². The molecule has 0 unspecified atom stereocenters. The molecule has 0 saturated heterocycles. The summed E-state index contributed by atoms with van der Waals surface area (Å²) in [5.74, 6) is 1.50. The van der Waals surface area contributed by atoms with Gasteiger partial charge >= 0.3 is 0 Å². The van der Waals surface area contributed by atoms with Crippen molar-refractivity contribution in [3.8, 4) is 11.5 Å². The normalized spacial score (nSPS) is 17.1. The van der Waals surface area contributed by atoms with Crippen molar-refractivity contribution >= 4 is 27.5 Å². The van der Waals surface area contributed by atoms with Crippen LogP contribution < -0.4 is 14.8 Å². The summed E-state index contributed by atoms with van der Waals surface area (Å²) in [4.78, 5) is 12.7. The molecule has 0 radical (unpaired) electrons. The topological polar surface area (TPSA) is 47.6 Å². The first-order valence-corrected chi connectivity index (χ1v) is 7.94. The molecule has 4 nitrogen and oxygen atoms in total. The van der Waals surface area contributed by atoms with E-state index in [1.165, 1.54) is 0 Å². The number of carbonyl (C=O) groups excluding carboxylic acids is 1. The van der Waals surface area contributed by atoms with Crippen molar-refractivity contribution in [3.05, 3.63) is 52.5 Å². The molecule has 0 bridgehead atoms. The van der Waals surface area contributed by atoms with Gasteiger partial charge in [0.15, 0.2) is 11.5 Å². The molecule has 112 valence electrons. The monoisotopic (exact) mass is 359 g/mol. The number of benzene rings is 2. The molecule has 1 aliphatic carbocycles. The van der Waals surface area contributed by atoms with Gasteiger partial charge in [-0.1, -0.05) is 22.0 Å². The van der Waals surface area contributed by atoms with Crippen molar-refractivity contribution in [2.75, 3.05) is 12.1 Å². The van der Waals surface area contributed by atoms with Gasteiger partial charge in [-0.05, 0) is 54.8 Å². The zero-order valence-corrected chi connectivity index (χ0v) is 13.4. The average Bonchev–Trinajstić information content (AvgIpc) is 3.21. The van der Waals surface area contributed by atoms with E-state index in [2.05, 4.69) is 21.2 Å². The molecule has 1 fully saturated rings. The lowest BCUT2D eigenvalue weighted by Gasteiger charge is -2.16. The maximum Gasteiger partial charge on any atom is 0.235 e. The van der Waals surface area contributed by atoms with Crippen molar-refractivity contribution < 1.29 is 14.3 Å². The van der Waals surface area contributed by atoms with Crippen molar-refractivity contribution in [1.82, 2.24) is 0 Å². The summed E-state index contributed by atoms with van der Waals surface area (Å²) in [7, 11) is 0. The number of amides is 1. The second kappa shape index (κ2) is 5.02. The van der Waals surface area contributed by atoms with Gasteiger partial charge in [0.2, 0.25) is 12.7 Å². The Kier molecular flexibility index (Phi) is 3.11. The number of halogens is 1. The minimum absolute atomic E-state index is 0.0358. The molecule has 2 aromatic carbocycles. The maximum atomic E-state index is 12.7. The third kappa shape index (κ3) is 2.25. The Morgan fingerprint density at radius 1 is 1.05 bits per heavy atom. The van der Waals surface area contributed by atoms with Gasteiger partial charge in [-0.2, -0.15) is 0 Å². The molecule has 1 heterocycles. The lowest BCUT2D eigenvalue weighted by atomic mass is 9.94. The number of ether oxygens (including phenoxy) is 2. The molecule has 22 heavy (non-hydrogen) atoms. The Hall–Kier alpha value is -2.01. The van der Waals surface area contributed by atoms with Crippen molar-refractivity contribution in [2.24, 2.45) is 0 Å². The van der Waals surface area contributed by atoms with Crippen LogP contribution >= 0.6 is 15.9 Å². The molecule has 2 aromatic rings. The molecular weight excluding hydrogens is 346 g/mol. The molecule has 0 atom stereocenters. The van der Waals surface area contributed by atoms with Crippen LogP contribution in [0.5, 0.6) is 11.5 Å². The highest BCUT2D eigenvalue weighted by Gasteiger charge is 2.51. The molecular formula is C17H14BrNO3. The molecule has 5 heteroatoms. The molecule has 0 spiro atoms. The SMILES string of the molecule is O=C(Nc1ccc(Br)cc1)C1(c2ccc3c(c2)OCO3)CC1. The fourth-order valence-corrected chi connectivity index (χ4v) is 3.01. The van der Waals surface area contributed by atoms with Crippen molar-refractivity contribution in [3.63, 3.8) is 0 Å². The lowest BCUT2D eigenvalue weighted by Crippen LogP contribution is -2.27. The van der Waals surface area contributed by atoms with Crippen LogP contribution in [0, 0.1) is 0 Å². The van der Waals surface area contributed by atoms with E-state index in [4.69, 9.17) is 9.47 Å². The summed E-state index contributed by atoms with van der Waals surface area (Å²) in [6.07, 6.45) is 1.71. The minimum atomic E-state index is -0.436. The van der Waals surface area contributed by atoms with Crippen LogP contribution in [0.4, 0.5) is 5.69 Å². The number of hydrogen-bond donors (Lipinski definition) is 1. The van der Waals surface area contributed by atoms with Gasteiger partial charge in [0, 0.05) is 10.2 Å². The molecule has 0 aromatic heterocycles. The summed E-state index contributed by atoms with van der Waals surface area (Å²) in [5.41, 5.74) is 1.36. The molecule has 4 rings (SSSR count). The van der Waals surface area contributed by atoms with E-state index in [1.54, 1.807) is 0 Å². The van der Waals surface area contributed by atoms with E-state index in [9.17, 15) is 4.79 Å². The first-order chi connectivity index (χ1) is 10.7. The predicted octanol–water partition coefficient (Wildman–Crippen LogP) is 3.85. The van der Waals surface area contributed by atoms with E-state index in [-0.39, 0.29) is 12.7 Å². The smallest absolute Gasteiger partial charge is 0.235 e. The lowest BCUT2D eigenvalue weighted by molar-refractivity contribution is -0.118. The van der Waals surface area contributed by atoms with Crippen molar-refractivity contribution in [1.29, 1.82) is 0 Å². The summed E-state index contributed by atoms with van der Waals surface area (Å²) in [6.45, 7) is 0.247. The van der Waals surface area contributed by atoms with Crippen LogP contribution in [0.15, 0.2) is 46.9 Å². The minimum Gasteiger partial charge on any atom is -0.454 e. The highest BCUT2D eigenvalue weighted by Crippen LogP contribution is 2.51. The molecule has 2 aliphatic rings. The zero-order chi connectivity index (χ0) is 15.2. The van der Waals surface area contributed by atoms with E-state index in [0.717, 1.165) is 40.1 Å². The van der Waals surface area contributed by atoms with Gasteiger partial charge in [-0.3, -0.25) is 4.79 Å². The first-order valence-electron chi connectivity index (χ1n) is 7.15. The second-order valence-electron chi connectivity index (χ2n) is 5.61. The Bertz CT molecular complexity index is 738. The third-order valence-electron chi connectivity index (χ3n) is 4.21. The molecule has 1 saturated carbocycles. The van der Waals surface area contributed by atoms with E-state index < -0.39 is 5.41 Å². The number of carbonyl (C=O) groups is 1. The highest BCUT2D eigenvalue weighted by atomic mass is 79.9. The molecule has 1 amide bonds. The number of hydrogen-bond acceptors (Lipinski definition) is 3. The molecule has 1 N–H and O–H groups in total. The number of nitrogens with one attached hydrogen (secondary N) is 1. The van der Waals surface area contributed by atoms with E-state index in [1.807, 2.05) is 42.5 Å². The fourth-order valence-electron chi connectivity index (χ4n) is 2.75. The van der Waals surface area contributed by atoms with E-state index >= 15 is 0 Å². The highest BCUT2D eigenvalue weighted by molar-refractivity contribution is 9.10. The largest absolute Gasteiger partial charge is 0.454 e. The van der Waals surface area contributed by atoms with Crippen LogP contribution in [0.2, 0.25) is 0 Å². The number of anilines is 1. The average molecular weight is 360 g/mol. The van der Waals surface area contributed by atoms with Crippen molar-refractivity contribution in [2.45, 2.75) is 18.3 Å². The van der Waals surface area contributed by atoms with Gasteiger partial charge in [0.25, 0.3) is 0 Å². The Morgan fingerprint density at radius 3 is 2.50 bits per heavy atom. The third-order valence-corrected chi connectivity index (χ3v) is 4.74. The van der Waals surface area contributed by atoms with Crippen LogP contribution in [-0.2, 0) is 10.2 Å². The summed E-state index contributed by atoms with van der Waals surface area (Å²) >= 11 is 3.39. The summed E-state index contributed by atoms with van der Waals surface area (Å²) in [6, 6.07) is 13.4. The summed E-state index contributed by atoms with van der Waals surface area (Å²) in [5, 5.41) is 3.01. The second-order valence-corrected chi connectivity index (χ2v) is 6.53. The Balaban J connectivity index is 1.58. The molecule has 1 aliphatic heterocycles. The van der Waals surface area contributed by atoms with Gasteiger partial charge < -0.3 is 14.8 Å². The number of rotatable bonds is 3. The zero-order valence-electron chi connectivity index (χ0n) is 11.8. The fraction of sp³-hybridized carbons (Fsp3) is 0.235. The number of fused-ring (bicyclic) bond motifs is 1. The van der Waals surface area contributed by atoms with Crippen LogP contribution in [0.3, 0.4) is 0 Å². The quantitative estimate of drug-likeness (QED) is 0.905. The standard InChI is InChI=1S/C17H14BrNO3/c18-12-2-4-13(5-3-12)19-16(20)17(7-8-17)11-1-6-14-15(9-11)22-10-21-14/h1-6,9H,7-8,10H2,(H,19,20). The van der Waals surface area contributed by atoms with Gasteiger partial charge in [0.05, 0.1) is 5.41 Å². The Labute approximate surface area is 136 Å². The van der Waals surface area contributed by atoms with E-state index in [0.29, 0.717) is 0 Å². The van der Waals surface area contributed by atoms with Crippen LogP contribution in [0.25, 0.3) is 0 Å². The predicted molar refractivity (Wildman–Crippen MR) is 86.2 cm³/mol. The Morgan fingerprint density at radius 2 is 1.77 bits per heavy atom. The van der Waals surface area contributed by atoms with Gasteiger partial charge in [0.1, 0.15) is 0 Å².